The number of rotatable bonds is 6. The highest BCUT2D eigenvalue weighted by Gasteiger charge is 2.44. The Bertz CT molecular complexity index is 367. The molecular formula is C16H28N2O3. The van der Waals surface area contributed by atoms with E-state index in [0.29, 0.717) is 12.0 Å². The van der Waals surface area contributed by atoms with E-state index in [1.807, 2.05) is 0 Å². The predicted molar refractivity (Wildman–Crippen MR) is 79.8 cm³/mol. The number of ether oxygens (including phenoxy) is 2. The van der Waals surface area contributed by atoms with Gasteiger partial charge < -0.3 is 20.5 Å². The van der Waals surface area contributed by atoms with Crippen LogP contribution in [0.1, 0.15) is 51.4 Å². The molecule has 120 valence electrons. The molecule has 5 nitrogen and oxygen atoms in total. The standard InChI is InChI=1S/C16H28N2O3/c17-15(19)16(18-13-3-4-13)7-1-2-14(10-16)21-11-12-5-8-20-9-6-12/h12-14,18H,1-11H2,(H2,17,19). The number of amides is 1. The Balaban J connectivity index is 1.52. The molecule has 2 atom stereocenters. The first-order chi connectivity index (χ1) is 10.2. The van der Waals surface area contributed by atoms with Crippen LogP contribution in [0, 0.1) is 5.92 Å². The first-order valence-electron chi connectivity index (χ1n) is 8.45. The Labute approximate surface area is 126 Å². The van der Waals surface area contributed by atoms with Gasteiger partial charge in [-0.3, -0.25) is 4.79 Å². The lowest BCUT2D eigenvalue weighted by atomic mass is 9.79. The van der Waals surface area contributed by atoms with E-state index in [1.54, 1.807) is 0 Å². The van der Waals surface area contributed by atoms with E-state index < -0.39 is 5.54 Å². The largest absolute Gasteiger partial charge is 0.381 e. The molecule has 0 radical (unpaired) electrons. The fourth-order valence-electron chi connectivity index (χ4n) is 3.60. The number of hydrogen-bond acceptors (Lipinski definition) is 4. The van der Waals surface area contributed by atoms with Gasteiger partial charge in [-0.15, -0.1) is 0 Å². The summed E-state index contributed by atoms with van der Waals surface area (Å²) in [6.07, 6.45) is 8.34. The van der Waals surface area contributed by atoms with Crippen LogP contribution in [0.3, 0.4) is 0 Å². The van der Waals surface area contributed by atoms with Gasteiger partial charge in [0.2, 0.25) is 5.91 Å². The minimum atomic E-state index is -0.528. The summed E-state index contributed by atoms with van der Waals surface area (Å²) in [5.74, 6) is 0.411. The molecule has 1 heterocycles. The predicted octanol–water partition coefficient (Wildman–Crippen LogP) is 1.35. The zero-order valence-electron chi connectivity index (χ0n) is 12.8. The number of nitrogens with two attached hydrogens (primary N) is 1. The summed E-state index contributed by atoms with van der Waals surface area (Å²) >= 11 is 0. The minimum absolute atomic E-state index is 0.167. The van der Waals surface area contributed by atoms with Crippen LogP contribution in [0.25, 0.3) is 0 Å². The average Bonchev–Trinajstić information content (AvgIpc) is 3.30. The molecule has 3 N–H and O–H groups in total. The van der Waals surface area contributed by atoms with Crippen molar-refractivity contribution in [3.63, 3.8) is 0 Å². The minimum Gasteiger partial charge on any atom is -0.381 e. The Morgan fingerprint density at radius 3 is 2.67 bits per heavy atom. The number of nitrogens with one attached hydrogen (secondary N) is 1. The van der Waals surface area contributed by atoms with Crippen molar-refractivity contribution in [1.82, 2.24) is 5.32 Å². The SMILES string of the molecule is NC(=O)C1(NC2CC2)CCCC(OCC2CCOCC2)C1. The Morgan fingerprint density at radius 1 is 1.24 bits per heavy atom. The maximum absolute atomic E-state index is 12.0. The molecule has 0 aromatic rings. The van der Waals surface area contributed by atoms with Gasteiger partial charge in [-0.05, 0) is 50.9 Å². The summed E-state index contributed by atoms with van der Waals surface area (Å²) in [6.45, 7) is 2.51. The Kier molecular flexibility index (Phi) is 4.82. The molecule has 1 amide bonds. The van der Waals surface area contributed by atoms with Gasteiger partial charge in [-0.25, -0.2) is 0 Å². The van der Waals surface area contributed by atoms with Gasteiger partial charge in [-0.2, -0.15) is 0 Å². The summed E-state index contributed by atoms with van der Waals surface area (Å²) in [5.41, 5.74) is 5.18. The van der Waals surface area contributed by atoms with Crippen LogP contribution < -0.4 is 11.1 Å². The summed E-state index contributed by atoms with van der Waals surface area (Å²) in [7, 11) is 0. The second kappa shape index (κ2) is 6.63. The Morgan fingerprint density at radius 2 is 2.00 bits per heavy atom. The topological polar surface area (TPSA) is 73.6 Å². The lowest BCUT2D eigenvalue weighted by molar-refractivity contribution is -0.129. The molecule has 0 aromatic carbocycles. The fourth-order valence-corrected chi connectivity index (χ4v) is 3.60. The van der Waals surface area contributed by atoms with Crippen LogP contribution in [0.15, 0.2) is 0 Å². The number of primary amides is 1. The van der Waals surface area contributed by atoms with Gasteiger partial charge in [-0.1, -0.05) is 0 Å². The maximum Gasteiger partial charge on any atom is 0.237 e. The van der Waals surface area contributed by atoms with Crippen molar-refractivity contribution in [3.05, 3.63) is 0 Å². The van der Waals surface area contributed by atoms with E-state index >= 15 is 0 Å². The molecule has 1 saturated heterocycles. The summed E-state index contributed by atoms with van der Waals surface area (Å²) in [5, 5.41) is 3.50. The molecule has 0 spiro atoms. The highest BCUT2D eigenvalue weighted by molar-refractivity contribution is 5.85. The van der Waals surface area contributed by atoms with Crippen molar-refractivity contribution in [3.8, 4) is 0 Å². The third-order valence-electron chi connectivity index (χ3n) is 5.14. The van der Waals surface area contributed by atoms with Gasteiger partial charge in [0.15, 0.2) is 0 Å². The fraction of sp³-hybridized carbons (Fsp3) is 0.938. The molecule has 0 bridgehead atoms. The summed E-state index contributed by atoms with van der Waals surface area (Å²) in [4.78, 5) is 12.0. The molecule has 3 rings (SSSR count). The number of carbonyl (C=O) groups excluding carboxylic acids is 1. The maximum atomic E-state index is 12.0. The third-order valence-corrected chi connectivity index (χ3v) is 5.14. The van der Waals surface area contributed by atoms with Gasteiger partial charge in [0.1, 0.15) is 5.54 Å². The molecular weight excluding hydrogens is 268 g/mol. The lowest BCUT2D eigenvalue weighted by Gasteiger charge is -2.39. The van der Waals surface area contributed by atoms with Crippen molar-refractivity contribution in [1.29, 1.82) is 0 Å². The monoisotopic (exact) mass is 296 g/mol. The van der Waals surface area contributed by atoms with Crippen molar-refractivity contribution in [2.75, 3.05) is 19.8 Å². The number of carbonyl (C=O) groups is 1. The van der Waals surface area contributed by atoms with Gasteiger partial charge >= 0.3 is 0 Å². The Hall–Kier alpha value is -0.650. The van der Waals surface area contributed by atoms with Crippen LogP contribution >= 0.6 is 0 Å². The van der Waals surface area contributed by atoms with Gasteiger partial charge in [0.25, 0.3) is 0 Å². The third kappa shape index (κ3) is 3.96. The molecule has 3 aliphatic rings. The van der Waals surface area contributed by atoms with Crippen molar-refractivity contribution < 1.29 is 14.3 Å². The molecule has 0 aromatic heterocycles. The summed E-state index contributed by atoms with van der Waals surface area (Å²) < 4.78 is 11.5. The zero-order valence-corrected chi connectivity index (χ0v) is 12.8. The van der Waals surface area contributed by atoms with Crippen LogP contribution in [0.2, 0.25) is 0 Å². The van der Waals surface area contributed by atoms with Crippen LogP contribution in [-0.4, -0.2) is 43.4 Å². The van der Waals surface area contributed by atoms with Gasteiger partial charge in [0.05, 0.1) is 6.10 Å². The second-order valence-corrected chi connectivity index (χ2v) is 6.97. The van der Waals surface area contributed by atoms with Crippen molar-refractivity contribution in [2.24, 2.45) is 11.7 Å². The summed E-state index contributed by atoms with van der Waals surface area (Å²) in [6, 6.07) is 0.492. The van der Waals surface area contributed by atoms with Gasteiger partial charge in [0, 0.05) is 32.3 Å². The molecule has 2 saturated carbocycles. The van der Waals surface area contributed by atoms with Crippen LogP contribution in [0.5, 0.6) is 0 Å². The highest BCUT2D eigenvalue weighted by atomic mass is 16.5. The van der Waals surface area contributed by atoms with Crippen LogP contribution in [0.4, 0.5) is 0 Å². The van der Waals surface area contributed by atoms with E-state index in [0.717, 1.165) is 58.3 Å². The molecule has 2 aliphatic carbocycles. The van der Waals surface area contributed by atoms with E-state index in [-0.39, 0.29) is 12.0 Å². The second-order valence-electron chi connectivity index (χ2n) is 6.97. The van der Waals surface area contributed by atoms with E-state index in [9.17, 15) is 4.79 Å². The van der Waals surface area contributed by atoms with Crippen LogP contribution in [-0.2, 0) is 14.3 Å². The molecule has 1 aliphatic heterocycles. The zero-order chi connectivity index (χ0) is 14.7. The highest BCUT2D eigenvalue weighted by Crippen LogP contribution is 2.34. The average molecular weight is 296 g/mol. The first kappa shape index (κ1) is 15.3. The van der Waals surface area contributed by atoms with E-state index in [4.69, 9.17) is 15.2 Å². The van der Waals surface area contributed by atoms with Crippen molar-refractivity contribution >= 4 is 5.91 Å². The van der Waals surface area contributed by atoms with E-state index in [1.165, 1.54) is 12.8 Å². The molecule has 21 heavy (non-hydrogen) atoms. The molecule has 5 heteroatoms. The molecule has 2 unspecified atom stereocenters. The molecule has 3 fully saturated rings. The number of hydrogen-bond donors (Lipinski definition) is 2. The normalized spacial score (nSPS) is 34.8. The quantitative estimate of drug-likeness (QED) is 0.776. The smallest absolute Gasteiger partial charge is 0.237 e. The lowest BCUT2D eigenvalue weighted by Crippen LogP contribution is -2.59. The van der Waals surface area contributed by atoms with Crippen molar-refractivity contribution in [2.45, 2.75) is 69.1 Å². The van der Waals surface area contributed by atoms with E-state index in [2.05, 4.69) is 5.32 Å². The first-order valence-corrected chi connectivity index (χ1v) is 8.45.